The molecule has 100 valence electrons. The summed E-state index contributed by atoms with van der Waals surface area (Å²) in [6.07, 6.45) is 0.890. The Kier molecular flexibility index (Phi) is 4.91. The van der Waals surface area contributed by atoms with E-state index in [2.05, 4.69) is 32.9 Å². The van der Waals surface area contributed by atoms with Gasteiger partial charge in [-0.05, 0) is 63.4 Å². The molecule has 1 aromatic carbocycles. The average molecular weight is 249 g/mol. The molecule has 3 heteroatoms. The van der Waals surface area contributed by atoms with Gasteiger partial charge in [0.05, 0.1) is 0 Å². The molecule has 0 amide bonds. The Morgan fingerprint density at radius 3 is 2.33 bits per heavy atom. The highest BCUT2D eigenvalue weighted by Gasteiger charge is 2.16. The van der Waals surface area contributed by atoms with Crippen LogP contribution in [0.1, 0.15) is 29.2 Å². The summed E-state index contributed by atoms with van der Waals surface area (Å²) in [5, 5.41) is 8.94. The molecular weight excluding hydrogens is 226 g/mol. The molecule has 1 atom stereocenters. The molecule has 1 N–H and O–H groups in total. The molecule has 0 radical (unpaired) electrons. The van der Waals surface area contributed by atoms with Crippen molar-refractivity contribution in [2.45, 2.75) is 40.2 Å². The lowest BCUT2D eigenvalue weighted by atomic mass is 9.98. The van der Waals surface area contributed by atoms with Crippen molar-refractivity contribution in [1.82, 2.24) is 4.90 Å². The molecule has 0 aliphatic rings. The Bertz CT molecular complexity index is 440. The maximum atomic E-state index is 10.9. The summed E-state index contributed by atoms with van der Waals surface area (Å²) in [5.41, 5.74) is 5.20. The van der Waals surface area contributed by atoms with Gasteiger partial charge in [0.15, 0.2) is 0 Å². The van der Waals surface area contributed by atoms with E-state index in [1.165, 1.54) is 22.3 Å². The van der Waals surface area contributed by atoms with Crippen LogP contribution in [0.4, 0.5) is 0 Å². The van der Waals surface area contributed by atoms with Gasteiger partial charge >= 0.3 is 5.97 Å². The predicted molar refractivity (Wildman–Crippen MR) is 74.1 cm³/mol. The Balaban J connectivity index is 2.69. The van der Waals surface area contributed by atoms with Crippen LogP contribution in [0.2, 0.25) is 0 Å². The fourth-order valence-corrected chi connectivity index (χ4v) is 1.97. The van der Waals surface area contributed by atoms with Gasteiger partial charge in [-0.25, -0.2) is 0 Å². The Morgan fingerprint density at radius 2 is 1.78 bits per heavy atom. The highest BCUT2D eigenvalue weighted by Crippen LogP contribution is 2.16. The van der Waals surface area contributed by atoms with Gasteiger partial charge in [-0.1, -0.05) is 12.1 Å². The van der Waals surface area contributed by atoms with Crippen molar-refractivity contribution in [2.75, 3.05) is 13.6 Å². The third kappa shape index (κ3) is 3.57. The van der Waals surface area contributed by atoms with Gasteiger partial charge in [-0.2, -0.15) is 0 Å². The molecule has 0 spiro atoms. The maximum absolute atomic E-state index is 10.9. The number of rotatable bonds is 5. The number of hydrogen-bond donors (Lipinski definition) is 1. The Hall–Kier alpha value is -1.35. The molecule has 0 aliphatic heterocycles. The molecular formula is C15H23NO2. The van der Waals surface area contributed by atoms with Crippen LogP contribution >= 0.6 is 0 Å². The number of carbonyl (C=O) groups is 1. The first-order chi connectivity index (χ1) is 8.32. The average Bonchev–Trinajstić information content (AvgIpc) is 2.30. The third-order valence-corrected chi connectivity index (χ3v) is 3.70. The molecule has 1 unspecified atom stereocenters. The van der Waals surface area contributed by atoms with Crippen LogP contribution < -0.4 is 0 Å². The number of aliphatic carboxylic acids is 1. The highest BCUT2D eigenvalue weighted by atomic mass is 16.4. The van der Waals surface area contributed by atoms with E-state index in [1.807, 2.05) is 11.9 Å². The molecule has 0 aromatic heterocycles. The highest BCUT2D eigenvalue weighted by molar-refractivity contribution is 5.72. The first-order valence-electron chi connectivity index (χ1n) is 6.32. The first-order valence-corrected chi connectivity index (χ1v) is 6.32. The number of carboxylic acid groups (broad SMARTS) is 1. The third-order valence-electron chi connectivity index (χ3n) is 3.70. The zero-order valence-electron chi connectivity index (χ0n) is 11.9. The van der Waals surface area contributed by atoms with Gasteiger partial charge in [0.25, 0.3) is 0 Å². The van der Waals surface area contributed by atoms with Crippen LogP contribution in [0.15, 0.2) is 12.1 Å². The van der Waals surface area contributed by atoms with E-state index in [9.17, 15) is 4.79 Å². The molecule has 1 aromatic rings. The molecule has 0 saturated carbocycles. The minimum absolute atomic E-state index is 0.433. The summed E-state index contributed by atoms with van der Waals surface area (Å²) in [6, 6.07) is 3.98. The topological polar surface area (TPSA) is 40.5 Å². The van der Waals surface area contributed by atoms with Crippen molar-refractivity contribution in [1.29, 1.82) is 0 Å². The van der Waals surface area contributed by atoms with Crippen LogP contribution in [0.5, 0.6) is 0 Å². The molecule has 0 heterocycles. The summed E-state index contributed by atoms with van der Waals surface area (Å²) in [4.78, 5) is 12.7. The normalized spacial score (nSPS) is 12.8. The molecule has 0 fully saturated rings. The zero-order valence-corrected chi connectivity index (χ0v) is 11.9. The lowest BCUT2D eigenvalue weighted by Crippen LogP contribution is -2.37. The minimum atomic E-state index is -0.769. The second-order valence-electron chi connectivity index (χ2n) is 5.11. The number of aryl methyl sites for hydroxylation is 3. The Morgan fingerprint density at radius 1 is 1.22 bits per heavy atom. The monoisotopic (exact) mass is 249 g/mol. The van der Waals surface area contributed by atoms with Crippen LogP contribution in [-0.4, -0.2) is 35.6 Å². The Labute approximate surface area is 109 Å². The number of nitrogens with zero attached hydrogens (tertiary/aromatic N) is 1. The van der Waals surface area contributed by atoms with Crippen molar-refractivity contribution < 1.29 is 9.90 Å². The summed E-state index contributed by atoms with van der Waals surface area (Å²) >= 11 is 0. The maximum Gasteiger partial charge on any atom is 0.320 e. The standard InChI is InChI=1S/C15H23NO2/c1-10-8-12(3)14(9-11(10)2)6-7-16(5)13(4)15(17)18/h8-9,13H,6-7H2,1-5H3,(H,17,18). The fourth-order valence-electron chi connectivity index (χ4n) is 1.97. The molecule has 18 heavy (non-hydrogen) atoms. The van der Waals surface area contributed by atoms with Crippen LogP contribution in [-0.2, 0) is 11.2 Å². The molecule has 3 nitrogen and oxygen atoms in total. The van der Waals surface area contributed by atoms with E-state index in [0.29, 0.717) is 0 Å². The van der Waals surface area contributed by atoms with E-state index in [4.69, 9.17) is 5.11 Å². The van der Waals surface area contributed by atoms with Crippen molar-refractivity contribution in [2.24, 2.45) is 0 Å². The number of benzene rings is 1. The number of likely N-dealkylation sites (N-methyl/N-ethyl adjacent to an activating group) is 1. The summed E-state index contributed by atoms with van der Waals surface area (Å²) < 4.78 is 0. The lowest BCUT2D eigenvalue weighted by molar-refractivity contribution is -0.142. The van der Waals surface area contributed by atoms with E-state index >= 15 is 0 Å². The van der Waals surface area contributed by atoms with E-state index in [1.54, 1.807) is 6.92 Å². The molecule has 0 bridgehead atoms. The van der Waals surface area contributed by atoms with Crippen molar-refractivity contribution in [3.63, 3.8) is 0 Å². The lowest BCUT2D eigenvalue weighted by Gasteiger charge is -2.21. The quantitative estimate of drug-likeness (QED) is 0.872. The van der Waals surface area contributed by atoms with E-state index < -0.39 is 12.0 Å². The molecule has 0 saturated heterocycles. The minimum Gasteiger partial charge on any atom is -0.480 e. The van der Waals surface area contributed by atoms with Gasteiger partial charge in [-0.3, -0.25) is 9.69 Å². The van der Waals surface area contributed by atoms with Gasteiger partial charge in [0.2, 0.25) is 0 Å². The second-order valence-corrected chi connectivity index (χ2v) is 5.11. The first kappa shape index (κ1) is 14.7. The molecule has 0 aliphatic carbocycles. The summed E-state index contributed by atoms with van der Waals surface area (Å²) in [5.74, 6) is -0.769. The van der Waals surface area contributed by atoms with Crippen LogP contribution in [0.3, 0.4) is 0 Å². The summed E-state index contributed by atoms with van der Waals surface area (Å²) in [7, 11) is 1.86. The van der Waals surface area contributed by atoms with E-state index in [0.717, 1.165) is 13.0 Å². The van der Waals surface area contributed by atoms with Crippen molar-refractivity contribution in [3.8, 4) is 0 Å². The van der Waals surface area contributed by atoms with Crippen molar-refractivity contribution >= 4 is 5.97 Å². The predicted octanol–water partition coefficient (Wildman–Crippen LogP) is 2.56. The van der Waals surface area contributed by atoms with Gasteiger partial charge in [0, 0.05) is 6.54 Å². The van der Waals surface area contributed by atoms with Crippen molar-refractivity contribution in [3.05, 3.63) is 34.4 Å². The van der Waals surface area contributed by atoms with Crippen LogP contribution in [0, 0.1) is 20.8 Å². The van der Waals surface area contributed by atoms with Gasteiger partial charge in [-0.15, -0.1) is 0 Å². The second kappa shape index (κ2) is 6.01. The smallest absolute Gasteiger partial charge is 0.320 e. The van der Waals surface area contributed by atoms with E-state index in [-0.39, 0.29) is 0 Å². The zero-order chi connectivity index (χ0) is 13.9. The number of carboxylic acids is 1. The SMILES string of the molecule is Cc1cc(C)c(CCN(C)C(C)C(=O)O)cc1C. The van der Waals surface area contributed by atoms with Gasteiger partial charge < -0.3 is 5.11 Å². The molecule has 1 rings (SSSR count). The number of hydrogen-bond acceptors (Lipinski definition) is 2. The summed E-state index contributed by atoms with van der Waals surface area (Å²) in [6.45, 7) is 8.82. The van der Waals surface area contributed by atoms with Crippen LogP contribution in [0.25, 0.3) is 0 Å². The fraction of sp³-hybridized carbons (Fsp3) is 0.533. The largest absolute Gasteiger partial charge is 0.480 e. The van der Waals surface area contributed by atoms with Gasteiger partial charge in [0.1, 0.15) is 6.04 Å².